The highest BCUT2D eigenvalue weighted by molar-refractivity contribution is 5.78. The van der Waals surface area contributed by atoms with E-state index < -0.39 is 12.1 Å². The highest BCUT2D eigenvalue weighted by atomic mass is 16.6. The van der Waals surface area contributed by atoms with Gasteiger partial charge in [-0.25, -0.2) is 4.79 Å². The predicted octanol–water partition coefficient (Wildman–Crippen LogP) is 4.48. The fraction of sp³-hybridized carbons (Fsp3) is 0.929. The molecule has 0 aromatic heterocycles. The van der Waals surface area contributed by atoms with Crippen molar-refractivity contribution in [2.75, 3.05) is 85.9 Å². The Hall–Kier alpha value is -1.35. The summed E-state index contributed by atoms with van der Waals surface area (Å²) in [5.74, 6) is -0.981. The summed E-state index contributed by atoms with van der Waals surface area (Å²) in [6.45, 7) is 33.3. The maximum atomic E-state index is 9.32. The van der Waals surface area contributed by atoms with E-state index in [-0.39, 0.29) is 79.9 Å². The van der Waals surface area contributed by atoms with Crippen LogP contribution in [0.5, 0.6) is 0 Å². The number of aliphatic carboxylic acids is 1. The van der Waals surface area contributed by atoms with Crippen LogP contribution >= 0.6 is 0 Å². The molecule has 0 rings (SSSR count). The van der Waals surface area contributed by atoms with Gasteiger partial charge in [-0.15, -0.1) is 0 Å². The van der Waals surface area contributed by atoms with Crippen molar-refractivity contribution in [1.29, 1.82) is 0 Å². The molecule has 0 saturated carbocycles. The van der Waals surface area contributed by atoms with E-state index in [0.717, 1.165) is 6.08 Å². The summed E-state index contributed by atoms with van der Waals surface area (Å²) >= 11 is 0. The van der Waals surface area contributed by atoms with Gasteiger partial charge < -0.3 is 72.2 Å². The van der Waals surface area contributed by atoms with Gasteiger partial charge in [0.15, 0.2) is 0 Å². The summed E-state index contributed by atoms with van der Waals surface area (Å²) in [6.07, 6.45) is -0.831. The molecule has 58 heavy (non-hydrogen) atoms. The number of hydrogen-bond donors (Lipinski definition) is 3. The molecule has 0 heterocycles. The van der Waals surface area contributed by atoms with Crippen LogP contribution in [0.1, 0.15) is 90.0 Å². The van der Waals surface area contributed by atoms with E-state index in [4.69, 9.17) is 67.1 Å². The van der Waals surface area contributed by atoms with Crippen LogP contribution in [0.3, 0.4) is 0 Å². The SMILES string of the molecule is C=CC(=O)O.CC(O)COC(C)COC(C)COC(C)COC(C)COC(C)COC(C)COC(C)COC(C)COC(C)COC(C)COC(C)COC(C)CO. The average Bonchev–Trinajstić information content (AvgIpc) is 3.19. The van der Waals surface area contributed by atoms with E-state index in [1.807, 2.05) is 83.1 Å². The first-order chi connectivity index (χ1) is 27.3. The molecule has 0 fully saturated rings. The molecule has 0 spiro atoms. The molecule has 0 saturated heterocycles. The number of aliphatic hydroxyl groups excluding tert-OH is 2. The maximum Gasteiger partial charge on any atom is 0.327 e. The number of carboxylic acid groups (broad SMARTS) is 1. The zero-order chi connectivity index (χ0) is 44.5. The first-order valence-corrected chi connectivity index (χ1v) is 20.8. The van der Waals surface area contributed by atoms with Crippen molar-refractivity contribution in [3.63, 3.8) is 0 Å². The summed E-state index contributed by atoms with van der Waals surface area (Å²) in [5.41, 5.74) is 0. The second kappa shape index (κ2) is 37.4. The van der Waals surface area contributed by atoms with Gasteiger partial charge in [-0.1, -0.05) is 6.58 Å². The highest BCUT2D eigenvalue weighted by Crippen LogP contribution is 2.07. The van der Waals surface area contributed by atoms with E-state index in [9.17, 15) is 9.90 Å². The molecule has 13 unspecified atom stereocenters. The molecule has 0 aliphatic rings. The monoisotopic (exact) mass is 845 g/mol. The van der Waals surface area contributed by atoms with E-state index in [0.29, 0.717) is 79.3 Å². The third kappa shape index (κ3) is 40.1. The van der Waals surface area contributed by atoms with E-state index in [1.54, 1.807) is 6.92 Å². The molecule has 16 heteroatoms. The lowest BCUT2D eigenvalue weighted by atomic mass is 10.3. The predicted molar refractivity (Wildman–Crippen MR) is 222 cm³/mol. The summed E-state index contributed by atoms with van der Waals surface area (Å²) < 4.78 is 69.8. The minimum atomic E-state index is -0.981. The molecule has 0 radical (unpaired) electrons. The minimum Gasteiger partial charge on any atom is -0.478 e. The normalized spacial score (nSPS) is 18.6. The quantitative estimate of drug-likeness (QED) is 0.0738. The third-order valence-electron chi connectivity index (χ3n) is 7.82. The Morgan fingerprint density at radius 2 is 0.517 bits per heavy atom. The van der Waals surface area contributed by atoms with Crippen molar-refractivity contribution in [1.82, 2.24) is 0 Å². The molecule has 0 amide bonds. The van der Waals surface area contributed by atoms with Crippen LogP contribution in [-0.2, 0) is 61.6 Å². The number of aliphatic hydroxyl groups is 2. The van der Waals surface area contributed by atoms with Crippen LogP contribution < -0.4 is 0 Å². The van der Waals surface area contributed by atoms with Gasteiger partial charge in [-0.2, -0.15) is 0 Å². The van der Waals surface area contributed by atoms with Gasteiger partial charge in [0.2, 0.25) is 0 Å². The van der Waals surface area contributed by atoms with Crippen molar-refractivity contribution in [2.24, 2.45) is 0 Å². The fourth-order valence-corrected chi connectivity index (χ4v) is 4.18. The Kier molecular flexibility index (Phi) is 37.9. The number of rotatable bonds is 38. The van der Waals surface area contributed by atoms with Crippen molar-refractivity contribution < 1.29 is 77.0 Å². The minimum absolute atomic E-state index is 0.00767. The van der Waals surface area contributed by atoms with Gasteiger partial charge >= 0.3 is 5.97 Å². The molecule has 348 valence electrons. The van der Waals surface area contributed by atoms with Crippen molar-refractivity contribution in [2.45, 2.75) is 169 Å². The molecule has 3 N–H and O–H groups in total. The number of hydrogen-bond acceptors (Lipinski definition) is 15. The molecule has 0 aliphatic heterocycles. The van der Waals surface area contributed by atoms with Gasteiger partial charge in [0, 0.05) is 6.08 Å². The van der Waals surface area contributed by atoms with Crippen LogP contribution in [0.15, 0.2) is 12.7 Å². The number of carboxylic acids is 1. The average molecular weight is 845 g/mol. The zero-order valence-corrected chi connectivity index (χ0v) is 38.1. The smallest absolute Gasteiger partial charge is 0.327 e. The van der Waals surface area contributed by atoms with E-state index >= 15 is 0 Å². The number of ether oxygens (including phenoxy) is 12. The maximum absolute atomic E-state index is 9.32. The summed E-state index contributed by atoms with van der Waals surface area (Å²) in [5, 5.41) is 26.0. The zero-order valence-electron chi connectivity index (χ0n) is 38.1. The van der Waals surface area contributed by atoms with Gasteiger partial charge in [0.1, 0.15) is 0 Å². The Morgan fingerprint density at radius 3 is 0.638 bits per heavy atom. The first-order valence-electron chi connectivity index (χ1n) is 20.8. The van der Waals surface area contributed by atoms with E-state index in [2.05, 4.69) is 6.58 Å². The molecule has 0 aliphatic carbocycles. The highest BCUT2D eigenvalue weighted by Gasteiger charge is 2.16. The molecule has 0 bridgehead atoms. The number of carbonyl (C=O) groups is 1. The van der Waals surface area contributed by atoms with Crippen molar-refractivity contribution in [3.8, 4) is 0 Å². The van der Waals surface area contributed by atoms with Crippen LogP contribution in [-0.4, -0.2) is 187 Å². The van der Waals surface area contributed by atoms with E-state index in [1.165, 1.54) is 0 Å². The summed E-state index contributed by atoms with van der Waals surface area (Å²) in [7, 11) is 0. The molecular weight excluding hydrogens is 760 g/mol. The molecule has 0 aromatic carbocycles. The van der Waals surface area contributed by atoms with Crippen LogP contribution in [0.2, 0.25) is 0 Å². The third-order valence-corrected chi connectivity index (χ3v) is 7.82. The fourth-order valence-electron chi connectivity index (χ4n) is 4.18. The topological polar surface area (TPSA) is 189 Å². The molecule has 13 atom stereocenters. The molecule has 16 nitrogen and oxygen atoms in total. The van der Waals surface area contributed by atoms with Gasteiger partial charge in [-0.3, -0.25) is 0 Å². The lowest BCUT2D eigenvalue weighted by Gasteiger charge is -2.23. The lowest BCUT2D eigenvalue weighted by molar-refractivity contribution is -0.131. The van der Waals surface area contributed by atoms with Crippen LogP contribution in [0.4, 0.5) is 0 Å². The molecular formula is C42H84O16. The van der Waals surface area contributed by atoms with Crippen molar-refractivity contribution >= 4 is 5.97 Å². The second-order valence-electron chi connectivity index (χ2n) is 15.3. The van der Waals surface area contributed by atoms with Gasteiger partial charge in [0.25, 0.3) is 0 Å². The lowest BCUT2D eigenvalue weighted by Crippen LogP contribution is -2.31. The Labute approximate surface area is 350 Å². The summed E-state index contributed by atoms with van der Waals surface area (Å²) in [6, 6.07) is 0. The van der Waals surface area contributed by atoms with Gasteiger partial charge in [-0.05, 0) is 90.0 Å². The van der Waals surface area contributed by atoms with Crippen molar-refractivity contribution in [3.05, 3.63) is 12.7 Å². The summed E-state index contributed by atoms with van der Waals surface area (Å²) in [4.78, 5) is 9.25. The van der Waals surface area contributed by atoms with Crippen LogP contribution in [0, 0.1) is 0 Å². The standard InChI is InChI=1S/C39H80O14.C3H4O2/c1-27(41)15-42-29(3)17-44-31(5)19-46-33(7)21-48-35(9)23-50-37(11)25-52-39(13)26-53-38(12)24-51-36(10)22-49-34(8)20-47-32(6)18-45-30(4)16-43-28(2)14-40;1-2-3(4)5/h27-41H,14-26H2,1-13H3;2H,1H2,(H,4,5). The Bertz CT molecular complexity index is 945. The first kappa shape index (κ1) is 58.7. The Balaban J connectivity index is 0. The Morgan fingerprint density at radius 1 is 0.379 bits per heavy atom. The second-order valence-corrected chi connectivity index (χ2v) is 15.3. The van der Waals surface area contributed by atoms with Crippen LogP contribution in [0.25, 0.3) is 0 Å². The van der Waals surface area contributed by atoms with Gasteiger partial charge in [0.05, 0.1) is 165 Å². The molecule has 0 aromatic rings. The largest absolute Gasteiger partial charge is 0.478 e.